The maximum atomic E-state index is 12.1. The van der Waals surface area contributed by atoms with Gasteiger partial charge in [-0.3, -0.25) is 14.6 Å². The normalized spacial score (nSPS) is 13.3. The van der Waals surface area contributed by atoms with Crippen LogP contribution in [0.25, 0.3) is 0 Å². The molecule has 6 heteroatoms. The molecule has 6 nitrogen and oxygen atoms in total. The zero-order valence-corrected chi connectivity index (χ0v) is 12.4. The number of fused-ring (bicyclic) bond motifs is 1. The van der Waals surface area contributed by atoms with Crippen molar-refractivity contribution in [3.63, 3.8) is 0 Å². The highest BCUT2D eigenvalue weighted by Crippen LogP contribution is 2.19. The average molecular weight is 298 g/mol. The van der Waals surface area contributed by atoms with E-state index in [-0.39, 0.29) is 11.5 Å². The summed E-state index contributed by atoms with van der Waals surface area (Å²) in [7, 11) is 0. The van der Waals surface area contributed by atoms with Crippen molar-refractivity contribution in [3.8, 4) is 0 Å². The Kier molecular flexibility index (Phi) is 3.91. The molecule has 1 aliphatic carbocycles. The van der Waals surface area contributed by atoms with Crippen molar-refractivity contribution in [1.82, 2.24) is 9.97 Å². The molecule has 0 radical (unpaired) electrons. The Morgan fingerprint density at radius 2 is 1.82 bits per heavy atom. The Balaban J connectivity index is 1.79. The fourth-order valence-electron chi connectivity index (χ4n) is 2.64. The molecule has 0 fully saturated rings. The van der Waals surface area contributed by atoms with Crippen LogP contribution in [0.3, 0.4) is 0 Å². The van der Waals surface area contributed by atoms with Gasteiger partial charge in [-0.25, -0.2) is 4.98 Å². The Bertz CT molecular complexity index is 750. The Hall–Kier alpha value is -2.63. The molecule has 3 rings (SSSR count). The van der Waals surface area contributed by atoms with Gasteiger partial charge in [0.25, 0.3) is 5.56 Å². The summed E-state index contributed by atoms with van der Waals surface area (Å²) in [5.41, 5.74) is 3.19. The van der Waals surface area contributed by atoms with Crippen LogP contribution in [0.2, 0.25) is 0 Å². The molecule has 2 aromatic rings. The van der Waals surface area contributed by atoms with Crippen LogP contribution in [-0.2, 0) is 17.6 Å². The molecular weight excluding hydrogens is 280 g/mol. The van der Waals surface area contributed by atoms with E-state index in [1.807, 2.05) is 12.1 Å². The van der Waals surface area contributed by atoms with E-state index in [0.29, 0.717) is 5.95 Å². The van der Waals surface area contributed by atoms with Crippen molar-refractivity contribution < 1.29 is 4.79 Å². The number of carbonyl (C=O) groups is 1. The highest BCUT2D eigenvalue weighted by atomic mass is 16.1. The molecule has 1 aliphatic rings. The maximum absolute atomic E-state index is 12.1. The highest BCUT2D eigenvalue weighted by molar-refractivity contribution is 5.88. The molecule has 0 saturated heterocycles. The first-order chi connectivity index (χ1) is 10.6. The minimum atomic E-state index is -0.110. The van der Waals surface area contributed by atoms with Crippen LogP contribution in [0.5, 0.6) is 0 Å². The summed E-state index contributed by atoms with van der Waals surface area (Å²) in [6.45, 7) is 1.47. The Morgan fingerprint density at radius 1 is 1.14 bits per heavy atom. The number of nitrogens with one attached hydrogen (secondary N) is 3. The summed E-state index contributed by atoms with van der Waals surface area (Å²) in [5.74, 6) is 0.347. The zero-order chi connectivity index (χ0) is 15.5. The molecule has 0 unspecified atom stereocenters. The van der Waals surface area contributed by atoms with Crippen LogP contribution < -0.4 is 16.2 Å². The fourth-order valence-corrected chi connectivity index (χ4v) is 2.64. The first kappa shape index (κ1) is 14.3. The number of H-pyrrole nitrogens is 1. The topological polar surface area (TPSA) is 86.9 Å². The SMILES string of the molecule is CC(=O)Nc1ccc(Nc2nc3c(c(=O)[nH]2)CCCC3)cc1. The lowest BCUT2D eigenvalue weighted by molar-refractivity contribution is -0.114. The van der Waals surface area contributed by atoms with Crippen LogP contribution in [0.15, 0.2) is 29.1 Å². The van der Waals surface area contributed by atoms with Gasteiger partial charge < -0.3 is 10.6 Å². The van der Waals surface area contributed by atoms with Crippen LogP contribution in [0, 0.1) is 0 Å². The van der Waals surface area contributed by atoms with E-state index >= 15 is 0 Å². The first-order valence-electron chi connectivity index (χ1n) is 7.38. The van der Waals surface area contributed by atoms with Crippen LogP contribution in [0.4, 0.5) is 17.3 Å². The average Bonchev–Trinajstić information content (AvgIpc) is 2.49. The molecule has 1 heterocycles. The fraction of sp³-hybridized carbons (Fsp3) is 0.312. The largest absolute Gasteiger partial charge is 0.326 e. The smallest absolute Gasteiger partial charge is 0.255 e. The van der Waals surface area contributed by atoms with Gasteiger partial charge in [-0.1, -0.05) is 0 Å². The lowest BCUT2D eigenvalue weighted by Gasteiger charge is -2.15. The van der Waals surface area contributed by atoms with Crippen LogP contribution in [0.1, 0.15) is 31.0 Å². The zero-order valence-electron chi connectivity index (χ0n) is 12.4. The van der Waals surface area contributed by atoms with E-state index in [1.165, 1.54) is 6.92 Å². The molecular formula is C16H18N4O2. The molecule has 114 valence electrons. The van der Waals surface area contributed by atoms with E-state index in [9.17, 15) is 9.59 Å². The van der Waals surface area contributed by atoms with E-state index < -0.39 is 0 Å². The first-order valence-corrected chi connectivity index (χ1v) is 7.38. The molecule has 1 amide bonds. The molecule has 0 spiro atoms. The van der Waals surface area contributed by atoms with Crippen molar-refractivity contribution in [2.45, 2.75) is 32.6 Å². The number of carbonyl (C=O) groups excluding carboxylic acids is 1. The van der Waals surface area contributed by atoms with E-state index in [1.54, 1.807) is 12.1 Å². The monoisotopic (exact) mass is 298 g/mol. The van der Waals surface area contributed by atoms with Crippen molar-refractivity contribution in [1.29, 1.82) is 0 Å². The third kappa shape index (κ3) is 3.16. The summed E-state index contributed by atoms with van der Waals surface area (Å²) < 4.78 is 0. The summed E-state index contributed by atoms with van der Waals surface area (Å²) in [6, 6.07) is 7.23. The predicted molar refractivity (Wildman–Crippen MR) is 85.5 cm³/mol. The highest BCUT2D eigenvalue weighted by Gasteiger charge is 2.15. The van der Waals surface area contributed by atoms with Gasteiger partial charge in [0.2, 0.25) is 11.9 Å². The quantitative estimate of drug-likeness (QED) is 0.811. The third-order valence-corrected chi connectivity index (χ3v) is 3.66. The Labute approximate surface area is 128 Å². The molecule has 1 aromatic carbocycles. The number of benzene rings is 1. The molecule has 1 aromatic heterocycles. The maximum Gasteiger partial charge on any atom is 0.255 e. The number of hydrogen-bond acceptors (Lipinski definition) is 4. The van der Waals surface area contributed by atoms with Crippen molar-refractivity contribution in [2.75, 3.05) is 10.6 Å². The predicted octanol–water partition coefficient (Wildman–Crippen LogP) is 2.35. The lowest BCUT2D eigenvalue weighted by Crippen LogP contribution is -2.22. The van der Waals surface area contributed by atoms with Gasteiger partial charge >= 0.3 is 0 Å². The molecule has 0 bridgehead atoms. The number of anilines is 3. The van der Waals surface area contributed by atoms with E-state index in [2.05, 4.69) is 20.6 Å². The van der Waals surface area contributed by atoms with E-state index in [4.69, 9.17) is 0 Å². The number of rotatable bonds is 3. The number of nitrogens with zero attached hydrogens (tertiary/aromatic N) is 1. The summed E-state index contributed by atoms with van der Waals surface area (Å²) >= 11 is 0. The van der Waals surface area contributed by atoms with E-state index in [0.717, 1.165) is 48.3 Å². The number of aryl methyl sites for hydroxylation is 1. The van der Waals surface area contributed by atoms with Crippen LogP contribution in [-0.4, -0.2) is 15.9 Å². The van der Waals surface area contributed by atoms with Gasteiger partial charge in [0.15, 0.2) is 0 Å². The molecule has 3 N–H and O–H groups in total. The number of aromatic amines is 1. The number of hydrogen-bond donors (Lipinski definition) is 3. The summed E-state index contributed by atoms with van der Waals surface area (Å²) in [4.78, 5) is 30.3. The number of aromatic nitrogens is 2. The second kappa shape index (κ2) is 6.01. The Morgan fingerprint density at radius 3 is 2.55 bits per heavy atom. The van der Waals surface area contributed by atoms with Gasteiger partial charge in [0.1, 0.15) is 0 Å². The molecule has 0 aliphatic heterocycles. The second-order valence-electron chi connectivity index (χ2n) is 5.43. The molecule has 0 saturated carbocycles. The third-order valence-electron chi connectivity index (χ3n) is 3.66. The van der Waals surface area contributed by atoms with Gasteiger partial charge in [0, 0.05) is 23.9 Å². The van der Waals surface area contributed by atoms with Gasteiger partial charge in [-0.2, -0.15) is 0 Å². The van der Waals surface area contributed by atoms with Gasteiger partial charge in [-0.15, -0.1) is 0 Å². The van der Waals surface area contributed by atoms with Crippen LogP contribution >= 0.6 is 0 Å². The summed E-state index contributed by atoms with van der Waals surface area (Å²) in [6.07, 6.45) is 3.79. The standard InChI is InChI=1S/C16H18N4O2/c1-10(21)17-11-6-8-12(9-7-11)18-16-19-14-5-3-2-4-13(14)15(22)20-16/h6-9H,2-5H2,1H3,(H,17,21)(H2,18,19,20,22). The van der Waals surface area contributed by atoms with Gasteiger partial charge in [-0.05, 0) is 49.9 Å². The molecule has 22 heavy (non-hydrogen) atoms. The summed E-state index contributed by atoms with van der Waals surface area (Å²) in [5, 5.41) is 5.80. The second-order valence-corrected chi connectivity index (χ2v) is 5.43. The van der Waals surface area contributed by atoms with Crippen molar-refractivity contribution >= 4 is 23.2 Å². The minimum absolute atomic E-state index is 0.0536. The van der Waals surface area contributed by atoms with Crippen molar-refractivity contribution in [3.05, 3.63) is 45.9 Å². The van der Waals surface area contributed by atoms with Gasteiger partial charge in [0.05, 0.1) is 5.69 Å². The van der Waals surface area contributed by atoms with Crippen molar-refractivity contribution in [2.24, 2.45) is 0 Å². The molecule has 0 atom stereocenters. The number of amides is 1. The lowest BCUT2D eigenvalue weighted by atomic mass is 9.97. The minimum Gasteiger partial charge on any atom is -0.326 e.